The van der Waals surface area contributed by atoms with Crippen LogP contribution in [0.3, 0.4) is 0 Å². The molecule has 0 aliphatic carbocycles. The molecule has 0 unspecified atom stereocenters. The van der Waals surface area contributed by atoms with E-state index in [9.17, 15) is 9.59 Å². The number of hydrogen-bond acceptors (Lipinski definition) is 4. The van der Waals surface area contributed by atoms with Crippen LogP contribution in [0.4, 0.5) is 0 Å². The van der Waals surface area contributed by atoms with Crippen molar-refractivity contribution in [3.05, 3.63) is 36.2 Å². The predicted molar refractivity (Wildman–Crippen MR) is 81.1 cm³/mol. The van der Waals surface area contributed by atoms with Crippen molar-refractivity contribution in [1.29, 1.82) is 0 Å². The monoisotopic (exact) mass is 290 g/mol. The number of rotatable bonds is 3. The summed E-state index contributed by atoms with van der Waals surface area (Å²) < 4.78 is 0. The van der Waals surface area contributed by atoms with E-state index < -0.39 is 0 Å². The van der Waals surface area contributed by atoms with Crippen molar-refractivity contribution in [2.45, 2.75) is 25.0 Å². The summed E-state index contributed by atoms with van der Waals surface area (Å²) in [5, 5.41) is 0.521. The van der Waals surface area contributed by atoms with Gasteiger partial charge in [-0.15, -0.1) is 0 Å². The maximum atomic E-state index is 12.1. The zero-order valence-electron chi connectivity index (χ0n) is 11.5. The molecule has 20 heavy (non-hydrogen) atoms. The summed E-state index contributed by atoms with van der Waals surface area (Å²) in [6, 6.07) is 3.72. The van der Waals surface area contributed by atoms with Crippen molar-refractivity contribution in [2.75, 3.05) is 13.1 Å². The Morgan fingerprint density at radius 3 is 2.55 bits per heavy atom. The van der Waals surface area contributed by atoms with Crippen LogP contribution in [-0.2, 0) is 9.59 Å². The Kier molecular flexibility index (Phi) is 5.35. The molecule has 1 aromatic rings. The number of hydrogen-bond donors (Lipinski definition) is 0. The lowest BCUT2D eigenvalue weighted by atomic mass is 10.1. The van der Waals surface area contributed by atoms with Crippen molar-refractivity contribution < 1.29 is 9.59 Å². The van der Waals surface area contributed by atoms with Crippen LogP contribution >= 0.6 is 11.8 Å². The number of thioether (sulfide) groups is 1. The zero-order chi connectivity index (χ0) is 14.4. The van der Waals surface area contributed by atoms with E-state index in [2.05, 4.69) is 4.98 Å². The van der Waals surface area contributed by atoms with Crippen LogP contribution in [0, 0.1) is 0 Å². The molecular weight excluding hydrogens is 272 g/mol. The Balaban J connectivity index is 1.83. The fourth-order valence-corrected chi connectivity index (χ4v) is 3.09. The Bertz CT molecular complexity index is 494. The molecule has 1 aliphatic heterocycles. The molecule has 2 rings (SSSR count). The molecule has 0 radical (unpaired) electrons. The zero-order valence-corrected chi connectivity index (χ0v) is 12.3. The molecule has 4 nitrogen and oxygen atoms in total. The van der Waals surface area contributed by atoms with E-state index in [0.29, 0.717) is 5.25 Å². The fourth-order valence-electron chi connectivity index (χ4n) is 2.18. The highest BCUT2D eigenvalue weighted by atomic mass is 32.2. The van der Waals surface area contributed by atoms with Gasteiger partial charge >= 0.3 is 0 Å². The van der Waals surface area contributed by atoms with Crippen molar-refractivity contribution >= 4 is 28.9 Å². The molecule has 1 saturated heterocycles. The molecule has 0 spiro atoms. The lowest BCUT2D eigenvalue weighted by Gasteiger charge is -2.30. The first kappa shape index (κ1) is 14.8. The summed E-state index contributed by atoms with van der Waals surface area (Å²) >= 11 is 1.40. The number of aromatic nitrogens is 1. The fraction of sp³-hybridized carbons (Fsp3) is 0.400. The van der Waals surface area contributed by atoms with Gasteiger partial charge in [-0.05, 0) is 36.6 Å². The molecule has 0 saturated carbocycles. The number of carbonyl (C=O) groups excluding carboxylic acids is 2. The Hall–Kier alpha value is -1.62. The van der Waals surface area contributed by atoms with Crippen LogP contribution in [0.15, 0.2) is 30.6 Å². The van der Waals surface area contributed by atoms with Crippen molar-refractivity contribution in [1.82, 2.24) is 9.88 Å². The molecule has 1 aromatic heterocycles. The maximum Gasteiger partial charge on any atom is 0.246 e. The SMILES string of the molecule is CC(=O)SC1CCN(C(=O)/C=C/c2ccncc2)CC1. The van der Waals surface area contributed by atoms with Crippen molar-refractivity contribution in [3.63, 3.8) is 0 Å². The molecule has 2 heterocycles. The van der Waals surface area contributed by atoms with Gasteiger partial charge in [0.25, 0.3) is 0 Å². The third-order valence-electron chi connectivity index (χ3n) is 3.21. The van der Waals surface area contributed by atoms with Gasteiger partial charge in [-0.3, -0.25) is 14.6 Å². The topological polar surface area (TPSA) is 50.3 Å². The van der Waals surface area contributed by atoms with E-state index >= 15 is 0 Å². The lowest BCUT2D eigenvalue weighted by molar-refractivity contribution is -0.126. The average molecular weight is 290 g/mol. The van der Waals surface area contributed by atoms with E-state index in [1.807, 2.05) is 17.0 Å². The Morgan fingerprint density at radius 1 is 1.30 bits per heavy atom. The predicted octanol–water partition coefficient (Wildman–Crippen LogP) is 2.37. The number of amides is 1. The normalized spacial score (nSPS) is 16.6. The highest BCUT2D eigenvalue weighted by molar-refractivity contribution is 8.14. The largest absolute Gasteiger partial charge is 0.339 e. The third kappa shape index (κ3) is 4.49. The molecule has 0 aromatic carbocycles. The summed E-state index contributed by atoms with van der Waals surface area (Å²) in [6.45, 7) is 3.05. The first-order valence-corrected chi connectivity index (χ1v) is 7.57. The molecule has 1 aliphatic rings. The number of carbonyl (C=O) groups is 2. The van der Waals surface area contributed by atoms with Crippen LogP contribution in [0.1, 0.15) is 25.3 Å². The summed E-state index contributed by atoms with van der Waals surface area (Å²) in [4.78, 5) is 28.9. The van der Waals surface area contributed by atoms with Gasteiger partial charge in [0, 0.05) is 43.7 Å². The quantitative estimate of drug-likeness (QED) is 0.802. The first-order chi connectivity index (χ1) is 9.65. The minimum atomic E-state index is 0.0353. The van der Waals surface area contributed by atoms with Crippen LogP contribution in [0.25, 0.3) is 6.08 Å². The highest BCUT2D eigenvalue weighted by Gasteiger charge is 2.22. The molecule has 1 fully saturated rings. The third-order valence-corrected chi connectivity index (χ3v) is 4.35. The van der Waals surface area contributed by atoms with Gasteiger partial charge in [-0.25, -0.2) is 0 Å². The van der Waals surface area contributed by atoms with Crippen molar-refractivity contribution in [3.8, 4) is 0 Å². The van der Waals surface area contributed by atoms with Gasteiger partial charge in [0.15, 0.2) is 5.12 Å². The molecular formula is C15H18N2O2S. The second kappa shape index (κ2) is 7.24. The molecule has 0 N–H and O–H groups in total. The molecule has 1 amide bonds. The van der Waals surface area contributed by atoms with Crippen LogP contribution in [0.5, 0.6) is 0 Å². The smallest absolute Gasteiger partial charge is 0.246 e. The number of likely N-dealkylation sites (tertiary alicyclic amines) is 1. The van der Waals surface area contributed by atoms with Crippen LogP contribution < -0.4 is 0 Å². The highest BCUT2D eigenvalue weighted by Crippen LogP contribution is 2.23. The number of nitrogens with zero attached hydrogens (tertiary/aromatic N) is 2. The maximum absolute atomic E-state index is 12.1. The van der Waals surface area contributed by atoms with Gasteiger partial charge in [0.1, 0.15) is 0 Å². The lowest BCUT2D eigenvalue weighted by Crippen LogP contribution is -2.38. The van der Waals surface area contributed by atoms with E-state index in [1.165, 1.54) is 11.8 Å². The van der Waals surface area contributed by atoms with E-state index in [4.69, 9.17) is 0 Å². The van der Waals surface area contributed by atoms with Crippen molar-refractivity contribution in [2.24, 2.45) is 0 Å². The van der Waals surface area contributed by atoms with E-state index in [-0.39, 0.29) is 11.0 Å². The summed E-state index contributed by atoms with van der Waals surface area (Å²) in [5.41, 5.74) is 0.968. The second-order valence-electron chi connectivity index (χ2n) is 4.75. The molecule has 106 valence electrons. The van der Waals surface area contributed by atoms with E-state index in [0.717, 1.165) is 31.5 Å². The molecule has 5 heteroatoms. The first-order valence-electron chi connectivity index (χ1n) is 6.69. The summed E-state index contributed by atoms with van der Waals surface area (Å²) in [6.07, 6.45) is 8.59. The van der Waals surface area contributed by atoms with Gasteiger partial charge in [-0.2, -0.15) is 0 Å². The average Bonchev–Trinajstić information content (AvgIpc) is 2.46. The Morgan fingerprint density at radius 2 is 1.95 bits per heavy atom. The van der Waals surface area contributed by atoms with Gasteiger partial charge < -0.3 is 4.90 Å². The minimum absolute atomic E-state index is 0.0353. The second-order valence-corrected chi connectivity index (χ2v) is 6.23. The Labute approximate surface area is 123 Å². The van der Waals surface area contributed by atoms with Gasteiger partial charge in [-0.1, -0.05) is 11.8 Å². The summed E-state index contributed by atoms with van der Waals surface area (Å²) in [7, 11) is 0. The molecule has 0 atom stereocenters. The standard InChI is InChI=1S/C15H18N2O2S/c1-12(18)20-14-6-10-17(11-7-14)15(19)3-2-13-4-8-16-9-5-13/h2-5,8-9,14H,6-7,10-11H2,1H3/b3-2+. The summed E-state index contributed by atoms with van der Waals surface area (Å²) in [5.74, 6) is 0.0353. The van der Waals surface area contributed by atoms with E-state index in [1.54, 1.807) is 31.5 Å². The van der Waals surface area contributed by atoms with Gasteiger partial charge in [0.2, 0.25) is 5.91 Å². The number of pyridine rings is 1. The van der Waals surface area contributed by atoms with Crippen LogP contribution in [-0.4, -0.2) is 39.2 Å². The molecule has 0 bridgehead atoms. The minimum Gasteiger partial charge on any atom is -0.339 e. The van der Waals surface area contributed by atoms with Gasteiger partial charge in [0.05, 0.1) is 0 Å². The van der Waals surface area contributed by atoms with Crippen LogP contribution in [0.2, 0.25) is 0 Å². The number of piperidine rings is 1.